The summed E-state index contributed by atoms with van der Waals surface area (Å²) in [6.45, 7) is -0.228. The molecule has 1 aromatic rings. The van der Waals surface area contributed by atoms with Crippen LogP contribution in [0.1, 0.15) is 50.5 Å². The second-order valence-corrected chi connectivity index (χ2v) is 5.05. The van der Waals surface area contributed by atoms with E-state index in [0.29, 0.717) is 18.4 Å². The molecule has 118 valence electrons. The molecule has 0 atom stereocenters. The zero-order valence-electron chi connectivity index (χ0n) is 12.2. The number of ether oxygens (including phenoxy) is 1. The van der Waals surface area contributed by atoms with Crippen molar-refractivity contribution in [2.75, 3.05) is 6.67 Å². The van der Waals surface area contributed by atoms with E-state index in [1.54, 1.807) is 12.1 Å². The lowest BCUT2D eigenvalue weighted by molar-refractivity contribution is 0.143. The Labute approximate surface area is 124 Å². The molecular formula is C16H23FO4. The molecule has 0 saturated heterocycles. The van der Waals surface area contributed by atoms with Gasteiger partial charge in [-0.15, -0.1) is 0 Å². The SMILES string of the molecule is O=C(O)Oc1cccc(CCCCCCCCCF)c1O. The average Bonchev–Trinajstić information content (AvgIpc) is 2.45. The van der Waals surface area contributed by atoms with Crippen LogP contribution in [0.15, 0.2) is 18.2 Å². The molecule has 0 aromatic heterocycles. The number of aryl methyl sites for hydroxylation is 1. The fourth-order valence-corrected chi connectivity index (χ4v) is 2.24. The van der Waals surface area contributed by atoms with Crippen molar-refractivity contribution in [3.05, 3.63) is 23.8 Å². The minimum Gasteiger partial charge on any atom is -0.504 e. The predicted octanol–water partition coefficient (Wildman–Crippen LogP) is 4.69. The Morgan fingerprint density at radius 1 is 1.05 bits per heavy atom. The number of para-hydroxylation sites is 1. The van der Waals surface area contributed by atoms with Gasteiger partial charge < -0.3 is 14.9 Å². The van der Waals surface area contributed by atoms with E-state index in [1.807, 2.05) is 0 Å². The van der Waals surface area contributed by atoms with E-state index in [9.17, 15) is 14.3 Å². The van der Waals surface area contributed by atoms with Crippen molar-refractivity contribution in [3.63, 3.8) is 0 Å². The summed E-state index contributed by atoms with van der Waals surface area (Å²) < 4.78 is 16.4. The highest BCUT2D eigenvalue weighted by Crippen LogP contribution is 2.31. The maximum absolute atomic E-state index is 11.9. The van der Waals surface area contributed by atoms with Crippen LogP contribution in [-0.4, -0.2) is 23.0 Å². The zero-order valence-corrected chi connectivity index (χ0v) is 12.2. The van der Waals surface area contributed by atoms with Gasteiger partial charge in [0.25, 0.3) is 0 Å². The number of hydrogen-bond donors (Lipinski definition) is 2. The van der Waals surface area contributed by atoms with E-state index in [0.717, 1.165) is 38.5 Å². The van der Waals surface area contributed by atoms with Crippen LogP contribution in [0.4, 0.5) is 9.18 Å². The van der Waals surface area contributed by atoms with Gasteiger partial charge in [0, 0.05) is 0 Å². The van der Waals surface area contributed by atoms with Gasteiger partial charge in [-0.05, 0) is 30.9 Å². The van der Waals surface area contributed by atoms with Gasteiger partial charge >= 0.3 is 6.16 Å². The third-order valence-corrected chi connectivity index (χ3v) is 3.36. The highest BCUT2D eigenvalue weighted by Gasteiger charge is 2.10. The first-order valence-corrected chi connectivity index (χ1v) is 7.42. The first-order valence-electron chi connectivity index (χ1n) is 7.42. The zero-order chi connectivity index (χ0) is 15.5. The van der Waals surface area contributed by atoms with E-state index in [-0.39, 0.29) is 18.2 Å². The minimum atomic E-state index is -1.43. The minimum absolute atomic E-state index is 0.0220. The molecule has 5 heteroatoms. The van der Waals surface area contributed by atoms with E-state index in [2.05, 4.69) is 4.74 Å². The molecule has 0 aliphatic rings. The predicted molar refractivity (Wildman–Crippen MR) is 78.8 cm³/mol. The number of benzene rings is 1. The molecule has 0 aliphatic carbocycles. The summed E-state index contributed by atoms with van der Waals surface area (Å²) in [6.07, 6.45) is 6.09. The summed E-state index contributed by atoms with van der Waals surface area (Å²) in [5.74, 6) is -0.117. The number of carboxylic acid groups (broad SMARTS) is 1. The van der Waals surface area contributed by atoms with Crippen molar-refractivity contribution in [1.82, 2.24) is 0 Å². The Morgan fingerprint density at radius 2 is 1.67 bits per heavy atom. The molecular weight excluding hydrogens is 275 g/mol. The van der Waals surface area contributed by atoms with E-state index in [1.165, 1.54) is 6.07 Å². The number of phenolic OH excluding ortho intramolecular Hbond substituents is 1. The van der Waals surface area contributed by atoms with Crippen LogP contribution in [-0.2, 0) is 6.42 Å². The third kappa shape index (κ3) is 6.97. The van der Waals surface area contributed by atoms with Crippen molar-refractivity contribution in [2.45, 2.75) is 51.4 Å². The fraction of sp³-hybridized carbons (Fsp3) is 0.562. The Hall–Kier alpha value is -1.78. The molecule has 0 radical (unpaired) electrons. The van der Waals surface area contributed by atoms with Gasteiger partial charge in [-0.2, -0.15) is 0 Å². The molecule has 0 fully saturated rings. The van der Waals surface area contributed by atoms with Crippen LogP contribution in [0.25, 0.3) is 0 Å². The van der Waals surface area contributed by atoms with Crippen LogP contribution < -0.4 is 4.74 Å². The molecule has 0 amide bonds. The Bertz CT molecular complexity index is 434. The van der Waals surface area contributed by atoms with Crippen molar-refractivity contribution < 1.29 is 24.1 Å². The lowest BCUT2D eigenvalue weighted by atomic mass is 10.0. The quantitative estimate of drug-likeness (QED) is 0.373. The molecule has 2 N–H and O–H groups in total. The number of unbranched alkanes of at least 4 members (excludes halogenated alkanes) is 6. The van der Waals surface area contributed by atoms with E-state index < -0.39 is 6.16 Å². The number of alkyl halides is 1. The molecule has 0 spiro atoms. The molecule has 0 saturated carbocycles. The number of halogens is 1. The van der Waals surface area contributed by atoms with Gasteiger partial charge in [-0.3, -0.25) is 4.39 Å². The van der Waals surface area contributed by atoms with Gasteiger partial charge in [0.2, 0.25) is 0 Å². The monoisotopic (exact) mass is 298 g/mol. The average molecular weight is 298 g/mol. The summed E-state index contributed by atoms with van der Waals surface area (Å²) in [4.78, 5) is 10.5. The maximum atomic E-state index is 11.9. The standard InChI is InChI=1S/C16H23FO4/c17-12-7-5-3-1-2-4-6-9-13-10-8-11-14(15(13)18)21-16(19)20/h8,10-11,18H,1-7,9,12H2,(H,19,20). The summed E-state index contributed by atoms with van der Waals surface area (Å²) in [5.41, 5.74) is 0.700. The molecule has 21 heavy (non-hydrogen) atoms. The second-order valence-electron chi connectivity index (χ2n) is 5.05. The van der Waals surface area contributed by atoms with Crippen LogP contribution in [0.5, 0.6) is 11.5 Å². The summed E-state index contributed by atoms with van der Waals surface area (Å²) in [5, 5.41) is 18.5. The lowest BCUT2D eigenvalue weighted by Crippen LogP contribution is -2.03. The Balaban J connectivity index is 2.27. The van der Waals surface area contributed by atoms with Gasteiger partial charge in [0.05, 0.1) is 6.67 Å². The molecule has 0 bridgehead atoms. The highest BCUT2D eigenvalue weighted by molar-refractivity contribution is 5.63. The largest absolute Gasteiger partial charge is 0.511 e. The molecule has 4 nitrogen and oxygen atoms in total. The van der Waals surface area contributed by atoms with Crippen LogP contribution >= 0.6 is 0 Å². The van der Waals surface area contributed by atoms with Crippen LogP contribution in [0, 0.1) is 0 Å². The Morgan fingerprint density at radius 3 is 2.29 bits per heavy atom. The smallest absolute Gasteiger partial charge is 0.504 e. The summed E-state index contributed by atoms with van der Waals surface area (Å²) in [6, 6.07) is 4.87. The molecule has 1 aromatic carbocycles. The van der Waals surface area contributed by atoms with Gasteiger partial charge in [0.15, 0.2) is 11.5 Å². The molecule has 0 unspecified atom stereocenters. The first-order chi connectivity index (χ1) is 10.1. The molecule has 0 heterocycles. The molecule has 0 aliphatic heterocycles. The van der Waals surface area contributed by atoms with Crippen molar-refractivity contribution in [1.29, 1.82) is 0 Å². The Kier molecular flexibility index (Phi) is 8.24. The van der Waals surface area contributed by atoms with Crippen LogP contribution in [0.3, 0.4) is 0 Å². The van der Waals surface area contributed by atoms with Crippen molar-refractivity contribution in [2.24, 2.45) is 0 Å². The number of rotatable bonds is 10. The summed E-state index contributed by atoms with van der Waals surface area (Å²) >= 11 is 0. The van der Waals surface area contributed by atoms with Crippen molar-refractivity contribution in [3.8, 4) is 11.5 Å². The van der Waals surface area contributed by atoms with E-state index >= 15 is 0 Å². The second kappa shape index (κ2) is 10.0. The number of phenols is 1. The maximum Gasteiger partial charge on any atom is 0.511 e. The number of aromatic hydroxyl groups is 1. The highest BCUT2D eigenvalue weighted by atomic mass is 19.1. The lowest BCUT2D eigenvalue weighted by Gasteiger charge is -2.08. The number of hydrogen-bond acceptors (Lipinski definition) is 3. The van der Waals surface area contributed by atoms with E-state index in [4.69, 9.17) is 5.11 Å². The first kappa shape index (κ1) is 17.3. The normalized spacial score (nSPS) is 10.5. The van der Waals surface area contributed by atoms with Gasteiger partial charge in [-0.25, -0.2) is 4.79 Å². The van der Waals surface area contributed by atoms with Gasteiger partial charge in [-0.1, -0.05) is 44.2 Å². The van der Waals surface area contributed by atoms with Gasteiger partial charge in [0.1, 0.15) is 0 Å². The van der Waals surface area contributed by atoms with Crippen molar-refractivity contribution >= 4 is 6.16 Å². The fourth-order valence-electron chi connectivity index (χ4n) is 2.24. The number of carbonyl (C=O) groups is 1. The topological polar surface area (TPSA) is 66.8 Å². The summed E-state index contributed by atoms with van der Waals surface area (Å²) in [7, 11) is 0. The third-order valence-electron chi connectivity index (χ3n) is 3.36. The van der Waals surface area contributed by atoms with Crippen LogP contribution in [0.2, 0.25) is 0 Å². The molecule has 1 rings (SSSR count).